The SMILES string of the molecule is Cc1ccc2nc(C(=O)NC(c3nccn3C)C3CC3)cn2c1. The van der Waals surface area contributed by atoms with Crippen molar-refractivity contribution in [2.24, 2.45) is 13.0 Å². The number of rotatable bonds is 4. The summed E-state index contributed by atoms with van der Waals surface area (Å²) in [6.45, 7) is 2.02. The first-order chi connectivity index (χ1) is 11.1. The van der Waals surface area contributed by atoms with E-state index in [1.54, 1.807) is 12.4 Å². The number of fused-ring (bicyclic) bond motifs is 1. The summed E-state index contributed by atoms with van der Waals surface area (Å²) in [5.41, 5.74) is 2.35. The van der Waals surface area contributed by atoms with Crippen LogP contribution in [-0.2, 0) is 7.05 Å². The van der Waals surface area contributed by atoms with Crippen molar-refractivity contribution >= 4 is 11.6 Å². The van der Waals surface area contributed by atoms with Crippen molar-refractivity contribution in [2.45, 2.75) is 25.8 Å². The van der Waals surface area contributed by atoms with Gasteiger partial charge < -0.3 is 14.3 Å². The monoisotopic (exact) mass is 309 g/mol. The van der Waals surface area contributed by atoms with Crippen LogP contribution in [-0.4, -0.2) is 24.8 Å². The Morgan fingerprint density at radius 3 is 2.87 bits per heavy atom. The topological polar surface area (TPSA) is 64.2 Å². The van der Waals surface area contributed by atoms with Gasteiger partial charge in [-0.25, -0.2) is 9.97 Å². The van der Waals surface area contributed by atoms with E-state index in [4.69, 9.17) is 0 Å². The molecular weight excluding hydrogens is 290 g/mol. The Morgan fingerprint density at radius 2 is 2.17 bits per heavy atom. The predicted molar refractivity (Wildman–Crippen MR) is 86.1 cm³/mol. The van der Waals surface area contributed by atoms with Crippen LogP contribution in [0.5, 0.6) is 0 Å². The highest BCUT2D eigenvalue weighted by molar-refractivity contribution is 5.93. The van der Waals surface area contributed by atoms with Gasteiger partial charge in [0.2, 0.25) is 0 Å². The van der Waals surface area contributed by atoms with Crippen LogP contribution in [0.25, 0.3) is 5.65 Å². The van der Waals surface area contributed by atoms with Crippen molar-refractivity contribution in [1.29, 1.82) is 0 Å². The minimum atomic E-state index is -0.147. The van der Waals surface area contributed by atoms with Crippen molar-refractivity contribution in [1.82, 2.24) is 24.3 Å². The summed E-state index contributed by atoms with van der Waals surface area (Å²) in [5.74, 6) is 1.23. The van der Waals surface area contributed by atoms with E-state index in [9.17, 15) is 4.79 Å². The molecule has 4 rings (SSSR count). The fraction of sp³-hybridized carbons (Fsp3) is 0.353. The van der Waals surface area contributed by atoms with E-state index < -0.39 is 0 Å². The van der Waals surface area contributed by atoms with Gasteiger partial charge in [0, 0.05) is 31.8 Å². The number of pyridine rings is 1. The van der Waals surface area contributed by atoms with Gasteiger partial charge in [0.05, 0.1) is 6.04 Å². The molecule has 1 N–H and O–H groups in total. The van der Waals surface area contributed by atoms with E-state index in [1.807, 2.05) is 47.5 Å². The van der Waals surface area contributed by atoms with Gasteiger partial charge in [-0.05, 0) is 37.3 Å². The fourth-order valence-electron chi connectivity index (χ4n) is 2.93. The second-order valence-corrected chi connectivity index (χ2v) is 6.28. The lowest BCUT2D eigenvalue weighted by Gasteiger charge is -2.17. The van der Waals surface area contributed by atoms with Gasteiger partial charge >= 0.3 is 0 Å². The summed E-state index contributed by atoms with van der Waals surface area (Å²) in [6, 6.07) is 3.86. The molecule has 6 nitrogen and oxygen atoms in total. The quantitative estimate of drug-likeness (QED) is 0.804. The molecule has 0 radical (unpaired) electrons. The molecule has 1 saturated carbocycles. The Morgan fingerprint density at radius 1 is 1.35 bits per heavy atom. The van der Waals surface area contributed by atoms with Gasteiger partial charge in [0.25, 0.3) is 5.91 Å². The Hall–Kier alpha value is -2.63. The maximum absolute atomic E-state index is 12.6. The van der Waals surface area contributed by atoms with Crippen LogP contribution in [0.15, 0.2) is 36.9 Å². The van der Waals surface area contributed by atoms with Gasteiger partial charge in [-0.1, -0.05) is 6.07 Å². The molecule has 1 fully saturated rings. The number of carbonyl (C=O) groups excluding carboxylic acids is 1. The third-order valence-corrected chi connectivity index (χ3v) is 4.35. The zero-order valence-corrected chi connectivity index (χ0v) is 13.2. The largest absolute Gasteiger partial charge is 0.340 e. The summed E-state index contributed by atoms with van der Waals surface area (Å²) in [5, 5.41) is 3.12. The van der Waals surface area contributed by atoms with Crippen LogP contribution in [0.4, 0.5) is 0 Å². The van der Waals surface area contributed by atoms with Crippen molar-refractivity contribution in [3.8, 4) is 0 Å². The van der Waals surface area contributed by atoms with Crippen LogP contribution in [0, 0.1) is 12.8 Å². The van der Waals surface area contributed by atoms with E-state index in [0.717, 1.165) is 29.9 Å². The van der Waals surface area contributed by atoms with Crippen molar-refractivity contribution < 1.29 is 4.79 Å². The lowest BCUT2D eigenvalue weighted by Crippen LogP contribution is -2.31. The molecule has 0 spiro atoms. The fourth-order valence-corrected chi connectivity index (χ4v) is 2.93. The Bertz CT molecular complexity index is 874. The molecular formula is C17H19N5O. The zero-order chi connectivity index (χ0) is 16.0. The molecule has 118 valence electrons. The molecule has 0 bridgehead atoms. The molecule has 1 atom stereocenters. The van der Waals surface area contributed by atoms with Crippen molar-refractivity contribution in [2.75, 3.05) is 0 Å². The molecule has 3 heterocycles. The van der Waals surface area contributed by atoms with Gasteiger partial charge in [0.1, 0.15) is 17.2 Å². The third kappa shape index (κ3) is 2.60. The zero-order valence-electron chi connectivity index (χ0n) is 13.2. The Labute approximate surface area is 134 Å². The van der Waals surface area contributed by atoms with Gasteiger partial charge in [-0.2, -0.15) is 0 Å². The first-order valence-corrected chi connectivity index (χ1v) is 7.85. The average Bonchev–Trinajstić information content (AvgIpc) is 3.14. The summed E-state index contributed by atoms with van der Waals surface area (Å²) in [4.78, 5) is 21.4. The summed E-state index contributed by atoms with van der Waals surface area (Å²) < 4.78 is 3.85. The van der Waals surface area contributed by atoms with E-state index in [1.165, 1.54) is 0 Å². The second kappa shape index (κ2) is 5.22. The maximum Gasteiger partial charge on any atom is 0.272 e. The second-order valence-electron chi connectivity index (χ2n) is 6.28. The number of hydrogen-bond acceptors (Lipinski definition) is 3. The summed E-state index contributed by atoms with van der Waals surface area (Å²) in [6.07, 6.45) is 9.68. The van der Waals surface area contributed by atoms with Crippen molar-refractivity contribution in [3.63, 3.8) is 0 Å². The normalized spacial score (nSPS) is 15.7. The number of nitrogens with zero attached hydrogens (tertiary/aromatic N) is 4. The first-order valence-electron chi connectivity index (χ1n) is 7.85. The smallest absolute Gasteiger partial charge is 0.272 e. The molecule has 0 saturated heterocycles. The minimum Gasteiger partial charge on any atom is -0.340 e. The van der Waals surface area contributed by atoms with E-state index in [2.05, 4.69) is 15.3 Å². The summed E-state index contributed by atoms with van der Waals surface area (Å²) >= 11 is 0. The van der Waals surface area contributed by atoms with Crippen molar-refractivity contribution in [3.05, 3.63) is 54.0 Å². The Balaban J connectivity index is 1.61. The highest BCUT2D eigenvalue weighted by Crippen LogP contribution is 2.40. The molecule has 3 aromatic heterocycles. The van der Waals surface area contributed by atoms with Gasteiger partial charge in [-0.15, -0.1) is 0 Å². The average molecular weight is 309 g/mol. The van der Waals surface area contributed by atoms with Crippen LogP contribution in [0.2, 0.25) is 0 Å². The van der Waals surface area contributed by atoms with Crippen LogP contribution in [0.3, 0.4) is 0 Å². The molecule has 0 aromatic carbocycles. The minimum absolute atomic E-state index is 0.0472. The number of nitrogens with one attached hydrogen (secondary N) is 1. The lowest BCUT2D eigenvalue weighted by molar-refractivity contribution is 0.0924. The van der Waals surface area contributed by atoms with Gasteiger partial charge in [-0.3, -0.25) is 4.79 Å². The standard InChI is InChI=1S/C17H19N5O/c1-11-3-6-14-19-13(10-22(14)9-11)17(23)20-15(12-4-5-12)16-18-7-8-21(16)2/h3,6-10,12,15H,4-5H2,1-2H3,(H,20,23). The number of hydrogen-bond donors (Lipinski definition) is 1. The lowest BCUT2D eigenvalue weighted by atomic mass is 10.1. The van der Waals surface area contributed by atoms with Crippen LogP contribution >= 0.6 is 0 Å². The number of imidazole rings is 2. The number of aromatic nitrogens is 4. The van der Waals surface area contributed by atoms with E-state index in [0.29, 0.717) is 11.6 Å². The number of amides is 1. The number of aryl methyl sites for hydroxylation is 2. The molecule has 1 aliphatic rings. The van der Waals surface area contributed by atoms with E-state index in [-0.39, 0.29) is 11.9 Å². The first kappa shape index (κ1) is 14.0. The molecule has 1 amide bonds. The van der Waals surface area contributed by atoms with Crippen LogP contribution in [0.1, 0.15) is 40.8 Å². The molecule has 6 heteroatoms. The van der Waals surface area contributed by atoms with Crippen LogP contribution < -0.4 is 5.32 Å². The molecule has 23 heavy (non-hydrogen) atoms. The maximum atomic E-state index is 12.6. The van der Waals surface area contributed by atoms with Gasteiger partial charge in [0.15, 0.2) is 0 Å². The molecule has 0 aliphatic heterocycles. The summed E-state index contributed by atoms with van der Waals surface area (Å²) in [7, 11) is 1.96. The Kier molecular flexibility index (Phi) is 3.18. The molecule has 1 unspecified atom stereocenters. The predicted octanol–water partition coefficient (Wildman–Crippen LogP) is 2.26. The van der Waals surface area contributed by atoms with E-state index >= 15 is 0 Å². The highest BCUT2D eigenvalue weighted by atomic mass is 16.2. The third-order valence-electron chi connectivity index (χ3n) is 4.35. The molecule has 3 aromatic rings. The highest BCUT2D eigenvalue weighted by Gasteiger charge is 2.36. The number of carbonyl (C=O) groups is 1. The molecule has 1 aliphatic carbocycles.